The Morgan fingerprint density at radius 2 is 0.927 bits per heavy atom. The topological polar surface area (TPSA) is 25.8 Å². The maximum absolute atomic E-state index is 5.12. The normalized spacial score (nSPS) is 12.6. The molecule has 7 rings (SSSR count). The number of pyridine rings is 2. The lowest BCUT2D eigenvalue weighted by Crippen LogP contribution is -2.10. The molecule has 41 heavy (non-hydrogen) atoms. The second-order valence-corrected chi connectivity index (χ2v) is 14.2. The van der Waals surface area contributed by atoms with E-state index in [0.29, 0.717) is 0 Å². The van der Waals surface area contributed by atoms with Crippen LogP contribution in [-0.2, 0) is 10.8 Å². The van der Waals surface area contributed by atoms with Crippen molar-refractivity contribution >= 4 is 53.3 Å². The zero-order chi connectivity index (χ0) is 28.5. The summed E-state index contributed by atoms with van der Waals surface area (Å²) in [5, 5.41) is 4.91. The van der Waals surface area contributed by atoms with Crippen molar-refractivity contribution in [1.82, 2.24) is 9.97 Å². The van der Waals surface area contributed by atoms with Gasteiger partial charge in [-0.2, -0.15) is 0 Å². The van der Waals surface area contributed by atoms with Crippen LogP contribution in [0.15, 0.2) is 97.1 Å². The lowest BCUT2D eigenvalue weighted by Gasteiger charge is -2.19. The van der Waals surface area contributed by atoms with Crippen LogP contribution in [0, 0.1) is 0 Å². The molecule has 202 valence electrons. The van der Waals surface area contributed by atoms with Crippen LogP contribution in [-0.4, -0.2) is 9.97 Å². The third-order valence-corrected chi connectivity index (χ3v) is 9.47. The predicted molar refractivity (Wildman–Crippen MR) is 178 cm³/mol. The smallest absolute Gasteiger partial charge is 0.0724 e. The van der Waals surface area contributed by atoms with Gasteiger partial charge in [-0.15, -0.1) is 11.3 Å². The van der Waals surface area contributed by atoms with E-state index in [1.54, 1.807) is 0 Å². The van der Waals surface area contributed by atoms with Gasteiger partial charge in [-0.3, -0.25) is 0 Å². The fourth-order valence-electron chi connectivity index (χ4n) is 5.71. The molecule has 3 heterocycles. The van der Waals surface area contributed by atoms with Crippen LogP contribution >= 0.6 is 11.3 Å². The molecule has 0 saturated heterocycles. The molecule has 3 aromatic heterocycles. The van der Waals surface area contributed by atoms with Gasteiger partial charge in [0, 0.05) is 42.1 Å². The lowest BCUT2D eigenvalue weighted by atomic mass is 9.86. The zero-order valence-corrected chi connectivity index (χ0v) is 25.4. The van der Waals surface area contributed by atoms with Crippen molar-refractivity contribution < 1.29 is 0 Å². The summed E-state index contributed by atoms with van der Waals surface area (Å²) in [6.45, 7) is 13.5. The molecule has 4 aromatic carbocycles. The van der Waals surface area contributed by atoms with E-state index in [-0.39, 0.29) is 10.8 Å². The highest BCUT2D eigenvalue weighted by molar-refractivity contribution is 7.26. The second kappa shape index (κ2) is 9.22. The molecule has 0 aliphatic carbocycles. The Bertz CT molecular complexity index is 1970. The number of aromatic nitrogens is 2. The van der Waals surface area contributed by atoms with Crippen molar-refractivity contribution in [2.24, 2.45) is 0 Å². The molecule has 0 atom stereocenters. The Kier molecular flexibility index (Phi) is 5.82. The lowest BCUT2D eigenvalue weighted by molar-refractivity contribution is 0.591. The molecule has 0 radical (unpaired) electrons. The van der Waals surface area contributed by atoms with E-state index in [9.17, 15) is 0 Å². The van der Waals surface area contributed by atoms with Crippen LogP contribution in [0.2, 0.25) is 0 Å². The van der Waals surface area contributed by atoms with Gasteiger partial charge in [0.15, 0.2) is 0 Å². The van der Waals surface area contributed by atoms with Crippen LogP contribution in [0.3, 0.4) is 0 Å². The third kappa shape index (κ3) is 4.49. The minimum absolute atomic E-state index is 0.114. The van der Waals surface area contributed by atoms with Crippen LogP contribution in [0.4, 0.5) is 0 Å². The Labute approximate surface area is 245 Å². The molecular weight excluding hydrogens is 516 g/mol. The van der Waals surface area contributed by atoms with E-state index in [2.05, 4.69) is 139 Å². The Morgan fingerprint density at radius 1 is 0.488 bits per heavy atom. The van der Waals surface area contributed by atoms with Crippen LogP contribution < -0.4 is 0 Å². The molecule has 2 nitrogen and oxygen atoms in total. The predicted octanol–water partition coefficient (Wildman–Crippen LogP) is 11.1. The van der Waals surface area contributed by atoms with E-state index >= 15 is 0 Å². The highest BCUT2D eigenvalue weighted by Crippen LogP contribution is 2.43. The van der Waals surface area contributed by atoms with Gasteiger partial charge in [0.05, 0.1) is 22.4 Å². The fraction of sp³-hybridized carbons (Fsp3) is 0.211. The van der Waals surface area contributed by atoms with Gasteiger partial charge in [0.2, 0.25) is 0 Å². The number of rotatable bonds is 2. The molecule has 0 unspecified atom stereocenters. The molecule has 0 bridgehead atoms. The van der Waals surface area contributed by atoms with Crippen molar-refractivity contribution in [2.45, 2.75) is 52.4 Å². The first-order valence-electron chi connectivity index (χ1n) is 14.3. The first-order chi connectivity index (χ1) is 19.6. The SMILES string of the molecule is CC(C)(C)c1ccc2nc(-c3cccc4c3sc3c(-c5ccc6cc(C(C)(C)C)ccc6n5)cccc34)ccc2c1. The molecule has 0 saturated carbocycles. The van der Waals surface area contributed by atoms with E-state index in [1.165, 1.54) is 53.2 Å². The van der Waals surface area contributed by atoms with Crippen LogP contribution in [0.25, 0.3) is 64.5 Å². The zero-order valence-electron chi connectivity index (χ0n) is 24.5. The highest BCUT2D eigenvalue weighted by atomic mass is 32.1. The summed E-state index contributed by atoms with van der Waals surface area (Å²) in [5.41, 5.74) is 9.33. The Hall–Kier alpha value is -4.08. The number of hydrogen-bond acceptors (Lipinski definition) is 3. The molecule has 0 amide bonds. The number of hydrogen-bond donors (Lipinski definition) is 0. The summed E-state index contributed by atoms with van der Waals surface area (Å²) >= 11 is 1.85. The molecule has 0 spiro atoms. The van der Waals surface area contributed by atoms with Gasteiger partial charge < -0.3 is 0 Å². The summed E-state index contributed by atoms with van der Waals surface area (Å²) in [5.74, 6) is 0. The molecule has 0 aliphatic rings. The quantitative estimate of drug-likeness (QED) is 0.214. The summed E-state index contributed by atoms with van der Waals surface area (Å²) in [4.78, 5) is 10.2. The van der Waals surface area contributed by atoms with Crippen molar-refractivity contribution in [1.29, 1.82) is 0 Å². The van der Waals surface area contributed by atoms with Crippen molar-refractivity contribution in [3.63, 3.8) is 0 Å². The van der Waals surface area contributed by atoms with Crippen LogP contribution in [0.5, 0.6) is 0 Å². The minimum atomic E-state index is 0.114. The summed E-state index contributed by atoms with van der Waals surface area (Å²) < 4.78 is 2.53. The Balaban J connectivity index is 1.36. The van der Waals surface area contributed by atoms with Gasteiger partial charge in [-0.1, -0.05) is 102 Å². The summed E-state index contributed by atoms with van der Waals surface area (Å²) in [6.07, 6.45) is 0. The average Bonchev–Trinajstić information content (AvgIpc) is 3.34. The standard InChI is InChI=1S/C38H34N2S/c1-37(2,3)25-15-19-31-23(21-25)13-17-33(39-31)29-11-7-9-27-28-10-8-12-30(36(28)41-35(27)29)34-18-14-24-22-26(38(4,5)6)16-20-32(24)40-34/h7-22H,1-6H3. The average molecular weight is 551 g/mol. The minimum Gasteiger partial charge on any atom is -0.248 e. The largest absolute Gasteiger partial charge is 0.248 e. The van der Waals surface area contributed by atoms with E-state index < -0.39 is 0 Å². The number of fused-ring (bicyclic) bond motifs is 5. The first kappa shape index (κ1) is 25.9. The molecule has 3 heteroatoms. The maximum Gasteiger partial charge on any atom is 0.0724 e. The van der Waals surface area contributed by atoms with Gasteiger partial charge in [-0.25, -0.2) is 9.97 Å². The number of thiophene rings is 1. The van der Waals surface area contributed by atoms with E-state index in [4.69, 9.17) is 9.97 Å². The van der Waals surface area contributed by atoms with Gasteiger partial charge >= 0.3 is 0 Å². The molecule has 0 aliphatic heterocycles. The highest BCUT2D eigenvalue weighted by Gasteiger charge is 2.18. The fourth-order valence-corrected chi connectivity index (χ4v) is 7.05. The summed E-state index contributed by atoms with van der Waals surface area (Å²) in [6, 6.07) is 35.3. The van der Waals surface area contributed by atoms with E-state index in [1.807, 2.05) is 11.3 Å². The van der Waals surface area contributed by atoms with Crippen molar-refractivity contribution in [2.75, 3.05) is 0 Å². The number of nitrogens with zero attached hydrogens (tertiary/aromatic N) is 2. The molecule has 0 N–H and O–H groups in total. The first-order valence-corrected chi connectivity index (χ1v) is 15.2. The summed E-state index contributed by atoms with van der Waals surface area (Å²) in [7, 11) is 0. The third-order valence-electron chi connectivity index (χ3n) is 8.19. The maximum atomic E-state index is 5.12. The van der Waals surface area contributed by atoms with E-state index in [0.717, 1.165) is 22.4 Å². The van der Waals surface area contributed by atoms with Crippen molar-refractivity contribution in [3.05, 3.63) is 108 Å². The van der Waals surface area contributed by atoms with Crippen molar-refractivity contribution in [3.8, 4) is 22.5 Å². The second-order valence-electron chi connectivity index (χ2n) is 13.2. The Morgan fingerprint density at radius 3 is 1.34 bits per heavy atom. The van der Waals surface area contributed by atoms with Gasteiger partial charge in [0.25, 0.3) is 0 Å². The van der Waals surface area contributed by atoms with Gasteiger partial charge in [-0.05, 0) is 58.4 Å². The molecule has 0 fully saturated rings. The molecule has 7 aromatic rings. The monoisotopic (exact) mass is 550 g/mol. The van der Waals surface area contributed by atoms with Crippen LogP contribution in [0.1, 0.15) is 52.7 Å². The van der Waals surface area contributed by atoms with Gasteiger partial charge in [0.1, 0.15) is 0 Å². The molecular formula is C38H34N2S. The number of benzene rings is 4.